The summed E-state index contributed by atoms with van der Waals surface area (Å²) in [6.45, 7) is 14.3. The van der Waals surface area contributed by atoms with Crippen molar-refractivity contribution in [1.82, 2.24) is 9.80 Å². The van der Waals surface area contributed by atoms with E-state index in [0.29, 0.717) is 16.9 Å². The molecule has 0 bridgehead atoms. The number of hydrogen-bond acceptors (Lipinski definition) is 2. The lowest BCUT2D eigenvalue weighted by atomic mass is 9.44. The van der Waals surface area contributed by atoms with E-state index in [-0.39, 0.29) is 0 Å². The van der Waals surface area contributed by atoms with Crippen LogP contribution in [-0.2, 0) is 0 Å². The van der Waals surface area contributed by atoms with Gasteiger partial charge in [-0.25, -0.2) is 0 Å². The van der Waals surface area contributed by atoms with Crippen LogP contribution in [0.15, 0.2) is 12.3 Å². The summed E-state index contributed by atoms with van der Waals surface area (Å²) >= 11 is 0. The Kier molecular flexibility index (Phi) is 5.67. The van der Waals surface area contributed by atoms with E-state index in [4.69, 9.17) is 0 Å². The molecule has 0 radical (unpaired) electrons. The van der Waals surface area contributed by atoms with Crippen molar-refractivity contribution in [3.63, 3.8) is 0 Å². The van der Waals surface area contributed by atoms with Crippen LogP contribution in [0.2, 0.25) is 0 Å². The minimum atomic E-state index is 0.550. The van der Waals surface area contributed by atoms with Gasteiger partial charge in [0.25, 0.3) is 0 Å². The van der Waals surface area contributed by atoms with Crippen molar-refractivity contribution in [2.24, 2.45) is 40.4 Å². The summed E-state index contributed by atoms with van der Waals surface area (Å²) in [4.78, 5) is 4.97. The van der Waals surface area contributed by atoms with E-state index >= 15 is 0 Å². The minimum absolute atomic E-state index is 0.550. The number of allylic oxidation sites excluding steroid dienone is 1. The topological polar surface area (TPSA) is 6.48 Å². The Morgan fingerprint density at radius 2 is 1.55 bits per heavy atom. The maximum atomic E-state index is 4.24. The summed E-state index contributed by atoms with van der Waals surface area (Å²) in [6.07, 6.45) is 13.3. The van der Waals surface area contributed by atoms with Crippen LogP contribution in [-0.4, -0.2) is 43.0 Å². The molecule has 0 saturated heterocycles. The lowest BCUT2D eigenvalue weighted by Crippen LogP contribution is -2.55. The minimum Gasteiger partial charge on any atom is -0.376 e. The van der Waals surface area contributed by atoms with Gasteiger partial charge in [0.1, 0.15) is 0 Å². The average molecular weight is 401 g/mol. The summed E-state index contributed by atoms with van der Waals surface area (Å²) in [7, 11) is 6.87. The summed E-state index contributed by atoms with van der Waals surface area (Å²) in [5.74, 6) is 4.77. The molecule has 0 heterocycles. The highest BCUT2D eigenvalue weighted by atomic mass is 15.1. The van der Waals surface area contributed by atoms with Crippen LogP contribution < -0.4 is 0 Å². The normalized spacial score (nSPS) is 47.9. The fourth-order valence-electron chi connectivity index (χ4n) is 9.16. The van der Waals surface area contributed by atoms with Crippen molar-refractivity contribution in [3.05, 3.63) is 12.3 Å². The molecule has 4 rings (SSSR count). The summed E-state index contributed by atoms with van der Waals surface area (Å²) in [5, 5.41) is 0. The molecule has 0 aromatic heterocycles. The summed E-state index contributed by atoms with van der Waals surface area (Å²) < 4.78 is 0. The highest BCUT2D eigenvalue weighted by Gasteiger charge is 2.60. The molecule has 0 spiro atoms. The van der Waals surface area contributed by atoms with Crippen molar-refractivity contribution in [1.29, 1.82) is 0 Å². The van der Waals surface area contributed by atoms with Crippen LogP contribution in [0.3, 0.4) is 0 Å². The fraction of sp³-hybridized carbons (Fsp3) is 0.926. The Morgan fingerprint density at radius 1 is 0.897 bits per heavy atom. The zero-order chi connectivity index (χ0) is 21.1. The van der Waals surface area contributed by atoms with Crippen LogP contribution in [0.5, 0.6) is 0 Å². The predicted molar refractivity (Wildman–Crippen MR) is 125 cm³/mol. The van der Waals surface area contributed by atoms with E-state index in [9.17, 15) is 0 Å². The maximum Gasteiger partial charge on any atom is 0.0288 e. The highest BCUT2D eigenvalue weighted by Crippen LogP contribution is 2.68. The van der Waals surface area contributed by atoms with Crippen LogP contribution in [0.25, 0.3) is 0 Å². The zero-order valence-corrected chi connectivity index (χ0v) is 20.5. The first-order valence-corrected chi connectivity index (χ1v) is 12.6. The molecule has 2 heteroatoms. The van der Waals surface area contributed by atoms with Gasteiger partial charge in [-0.2, -0.15) is 0 Å². The predicted octanol–water partition coefficient (Wildman–Crippen LogP) is 6.43. The van der Waals surface area contributed by atoms with Gasteiger partial charge in [0, 0.05) is 24.8 Å². The number of rotatable bonds is 4. The van der Waals surface area contributed by atoms with Gasteiger partial charge in [-0.05, 0) is 126 Å². The van der Waals surface area contributed by atoms with Crippen molar-refractivity contribution >= 4 is 0 Å². The second-order valence-corrected chi connectivity index (χ2v) is 12.4. The van der Waals surface area contributed by atoms with E-state index in [2.05, 4.69) is 65.2 Å². The van der Waals surface area contributed by atoms with Crippen LogP contribution in [0.4, 0.5) is 0 Å². The molecule has 0 aliphatic heterocycles. The molecule has 29 heavy (non-hydrogen) atoms. The maximum absolute atomic E-state index is 4.24. The molecule has 0 unspecified atom stereocenters. The Hall–Kier alpha value is -0.500. The van der Waals surface area contributed by atoms with Crippen molar-refractivity contribution in [2.75, 3.05) is 21.1 Å². The largest absolute Gasteiger partial charge is 0.376 e. The van der Waals surface area contributed by atoms with Crippen molar-refractivity contribution < 1.29 is 0 Å². The Bertz CT molecular complexity index is 626. The SMILES string of the molecule is C=C(C)N(C)[C@@H](C)[C@H]1CC[C@@H]2[C@@H]3CC[C@H]4C[C@H](N(C)C)CC[C@]4(C)[C@H]3CC[C@@]21C. The Labute approximate surface area is 181 Å². The zero-order valence-electron chi connectivity index (χ0n) is 20.5. The molecule has 0 aromatic rings. The molecule has 4 aliphatic carbocycles. The van der Waals surface area contributed by atoms with Gasteiger partial charge in [0.2, 0.25) is 0 Å². The quantitative estimate of drug-likeness (QED) is 0.536. The third-order valence-electron chi connectivity index (χ3n) is 11.2. The van der Waals surface area contributed by atoms with E-state index < -0.39 is 0 Å². The third kappa shape index (κ3) is 3.31. The fourth-order valence-corrected chi connectivity index (χ4v) is 9.16. The summed E-state index contributed by atoms with van der Waals surface area (Å²) in [5.41, 5.74) is 2.40. The van der Waals surface area contributed by atoms with Gasteiger partial charge in [-0.15, -0.1) is 0 Å². The molecular formula is C27H48N2. The molecule has 9 atom stereocenters. The van der Waals surface area contributed by atoms with E-state index in [1.165, 1.54) is 63.5 Å². The van der Waals surface area contributed by atoms with Crippen LogP contribution in [0, 0.1) is 40.4 Å². The molecule has 0 amide bonds. The van der Waals surface area contributed by atoms with E-state index in [1.54, 1.807) is 0 Å². The Balaban J connectivity index is 1.53. The van der Waals surface area contributed by atoms with E-state index in [0.717, 1.165) is 35.6 Å². The van der Waals surface area contributed by atoms with Crippen molar-refractivity contribution in [2.45, 2.75) is 97.6 Å². The second kappa shape index (κ2) is 7.57. The first-order chi connectivity index (χ1) is 13.6. The highest BCUT2D eigenvalue weighted by molar-refractivity contribution is 5.11. The monoisotopic (exact) mass is 400 g/mol. The standard InChI is InChI=1S/C27H48N2/c1-18(2)29(8)19(3)23-11-12-24-22-10-9-20-17-21(28(6)7)13-15-26(20,4)25(22)14-16-27(23,24)5/h19-25H,1,9-17H2,2-8H3/t19-,20-,21+,22-,23+,24+,25-,26-,27+/m0/s1. The van der Waals surface area contributed by atoms with Gasteiger partial charge in [0.15, 0.2) is 0 Å². The molecule has 0 aromatic carbocycles. The second-order valence-electron chi connectivity index (χ2n) is 12.4. The van der Waals surface area contributed by atoms with Crippen LogP contribution in [0.1, 0.15) is 85.5 Å². The van der Waals surface area contributed by atoms with Crippen molar-refractivity contribution in [3.8, 4) is 0 Å². The lowest BCUT2D eigenvalue weighted by Gasteiger charge is -2.62. The average Bonchev–Trinajstić information content (AvgIpc) is 3.03. The van der Waals surface area contributed by atoms with E-state index in [1.807, 2.05) is 0 Å². The molecule has 4 aliphatic rings. The number of fused-ring (bicyclic) bond motifs is 5. The molecule has 4 fully saturated rings. The first kappa shape index (κ1) is 21.7. The van der Waals surface area contributed by atoms with Gasteiger partial charge in [-0.3, -0.25) is 0 Å². The molecule has 0 N–H and O–H groups in total. The van der Waals surface area contributed by atoms with Gasteiger partial charge in [0.05, 0.1) is 0 Å². The van der Waals surface area contributed by atoms with Gasteiger partial charge >= 0.3 is 0 Å². The smallest absolute Gasteiger partial charge is 0.0288 e. The van der Waals surface area contributed by atoms with Gasteiger partial charge < -0.3 is 9.80 Å². The molecule has 166 valence electrons. The summed E-state index contributed by atoms with van der Waals surface area (Å²) in [6, 6.07) is 1.45. The first-order valence-electron chi connectivity index (χ1n) is 12.6. The molecular weight excluding hydrogens is 352 g/mol. The number of nitrogens with zero attached hydrogens (tertiary/aromatic N) is 2. The molecule has 4 saturated carbocycles. The lowest BCUT2D eigenvalue weighted by molar-refractivity contribution is -0.122. The number of hydrogen-bond donors (Lipinski definition) is 0. The van der Waals surface area contributed by atoms with Gasteiger partial charge in [-0.1, -0.05) is 20.4 Å². The third-order valence-corrected chi connectivity index (χ3v) is 11.2. The molecule has 2 nitrogen and oxygen atoms in total. The Morgan fingerprint density at radius 3 is 2.21 bits per heavy atom. The van der Waals surface area contributed by atoms with Crippen LogP contribution >= 0.6 is 0 Å².